The summed E-state index contributed by atoms with van der Waals surface area (Å²) < 4.78 is 0. The third-order valence-electron chi connectivity index (χ3n) is 4.40. The van der Waals surface area contributed by atoms with Crippen molar-refractivity contribution in [2.24, 2.45) is 0 Å². The zero-order valence-corrected chi connectivity index (χ0v) is 10.4. The molecule has 1 atom stereocenters. The molecule has 2 aliphatic rings. The van der Waals surface area contributed by atoms with E-state index in [1.165, 1.54) is 44.3 Å². The van der Waals surface area contributed by atoms with Crippen LogP contribution in [0.3, 0.4) is 0 Å². The molecule has 1 aromatic carbocycles. The first-order chi connectivity index (χ1) is 7.81. The van der Waals surface area contributed by atoms with E-state index in [0.29, 0.717) is 0 Å². The zero-order chi connectivity index (χ0) is 11.1. The third kappa shape index (κ3) is 1.37. The van der Waals surface area contributed by atoms with Gasteiger partial charge in [0.25, 0.3) is 0 Å². The molecule has 16 heavy (non-hydrogen) atoms. The maximum atomic E-state index is 2.63. The van der Waals surface area contributed by atoms with Crippen molar-refractivity contribution in [2.45, 2.75) is 45.4 Å². The van der Waals surface area contributed by atoms with Crippen LogP contribution in [0.15, 0.2) is 12.1 Å². The van der Waals surface area contributed by atoms with Crippen LogP contribution < -0.4 is 4.90 Å². The molecule has 0 radical (unpaired) electrons. The van der Waals surface area contributed by atoms with E-state index in [9.17, 15) is 0 Å². The van der Waals surface area contributed by atoms with E-state index in [1.54, 1.807) is 16.8 Å². The van der Waals surface area contributed by atoms with E-state index in [2.05, 4.69) is 30.9 Å². The lowest BCUT2D eigenvalue weighted by Crippen LogP contribution is -2.36. The predicted molar refractivity (Wildman–Crippen MR) is 69.4 cm³/mol. The standard InChI is InChI=1S/C15H21N/c1-3-12-8-10-16-9-4-5-13-11(2)6-7-14(12)15(13)16/h6-7,12H,3-5,8-10H2,1-2H3. The highest BCUT2D eigenvalue weighted by Crippen LogP contribution is 2.42. The predicted octanol–water partition coefficient (Wildman–Crippen LogP) is 3.64. The fourth-order valence-electron chi connectivity index (χ4n) is 3.45. The van der Waals surface area contributed by atoms with Gasteiger partial charge in [0.1, 0.15) is 0 Å². The molecule has 1 heteroatoms. The molecule has 86 valence electrons. The Morgan fingerprint density at radius 3 is 3.00 bits per heavy atom. The van der Waals surface area contributed by atoms with Gasteiger partial charge in [-0.25, -0.2) is 0 Å². The van der Waals surface area contributed by atoms with Crippen LogP contribution in [-0.2, 0) is 6.42 Å². The summed E-state index contributed by atoms with van der Waals surface area (Å²) in [5.41, 5.74) is 6.39. The average Bonchev–Trinajstić information content (AvgIpc) is 2.34. The second kappa shape index (κ2) is 3.80. The molecule has 2 aliphatic heterocycles. The van der Waals surface area contributed by atoms with E-state index in [4.69, 9.17) is 0 Å². The van der Waals surface area contributed by atoms with Crippen LogP contribution in [0.25, 0.3) is 0 Å². The molecule has 3 rings (SSSR count). The molecular weight excluding hydrogens is 194 g/mol. The Morgan fingerprint density at radius 1 is 1.31 bits per heavy atom. The second-order valence-corrected chi connectivity index (χ2v) is 5.28. The van der Waals surface area contributed by atoms with Gasteiger partial charge in [0, 0.05) is 18.8 Å². The highest BCUT2D eigenvalue weighted by atomic mass is 15.1. The van der Waals surface area contributed by atoms with Crippen molar-refractivity contribution >= 4 is 5.69 Å². The molecule has 1 nitrogen and oxygen atoms in total. The normalized spacial score (nSPS) is 23.1. The fraction of sp³-hybridized carbons (Fsp3) is 0.600. The van der Waals surface area contributed by atoms with Crippen molar-refractivity contribution in [3.05, 3.63) is 28.8 Å². The molecule has 2 heterocycles. The number of rotatable bonds is 1. The average molecular weight is 215 g/mol. The van der Waals surface area contributed by atoms with Crippen molar-refractivity contribution in [3.8, 4) is 0 Å². The van der Waals surface area contributed by atoms with Gasteiger partial charge in [-0.1, -0.05) is 19.1 Å². The summed E-state index contributed by atoms with van der Waals surface area (Å²) in [6.45, 7) is 7.16. The maximum absolute atomic E-state index is 2.63. The molecule has 0 fully saturated rings. The molecule has 0 bridgehead atoms. The van der Waals surface area contributed by atoms with Gasteiger partial charge >= 0.3 is 0 Å². The first-order valence-electron chi connectivity index (χ1n) is 6.68. The number of hydrogen-bond donors (Lipinski definition) is 0. The van der Waals surface area contributed by atoms with Crippen molar-refractivity contribution in [3.63, 3.8) is 0 Å². The Balaban J connectivity index is 2.17. The number of anilines is 1. The van der Waals surface area contributed by atoms with Crippen LogP contribution in [0.1, 0.15) is 48.8 Å². The van der Waals surface area contributed by atoms with Gasteiger partial charge in [0.2, 0.25) is 0 Å². The largest absolute Gasteiger partial charge is 0.371 e. The molecule has 1 aromatic rings. The van der Waals surface area contributed by atoms with Crippen molar-refractivity contribution in [1.29, 1.82) is 0 Å². The monoisotopic (exact) mass is 215 g/mol. The van der Waals surface area contributed by atoms with Crippen LogP contribution in [0, 0.1) is 6.92 Å². The Labute approximate surface area is 98.5 Å². The summed E-state index contributed by atoms with van der Waals surface area (Å²) >= 11 is 0. The minimum Gasteiger partial charge on any atom is -0.371 e. The molecule has 0 aromatic heterocycles. The quantitative estimate of drug-likeness (QED) is 0.691. The molecule has 0 spiro atoms. The van der Waals surface area contributed by atoms with E-state index < -0.39 is 0 Å². The highest BCUT2D eigenvalue weighted by molar-refractivity contribution is 5.66. The molecule has 1 unspecified atom stereocenters. The minimum absolute atomic E-state index is 0.809. The Morgan fingerprint density at radius 2 is 2.19 bits per heavy atom. The molecule has 0 saturated carbocycles. The summed E-state index contributed by atoms with van der Waals surface area (Å²) in [6, 6.07) is 4.73. The van der Waals surface area contributed by atoms with Gasteiger partial charge in [-0.15, -0.1) is 0 Å². The summed E-state index contributed by atoms with van der Waals surface area (Å²) in [5.74, 6) is 0.809. The van der Waals surface area contributed by atoms with E-state index in [-0.39, 0.29) is 0 Å². The lowest BCUT2D eigenvalue weighted by molar-refractivity contribution is 0.541. The van der Waals surface area contributed by atoms with Gasteiger partial charge in [-0.3, -0.25) is 0 Å². The lowest BCUT2D eigenvalue weighted by Gasteiger charge is -2.40. The summed E-state index contributed by atoms with van der Waals surface area (Å²) in [5, 5.41) is 0. The van der Waals surface area contributed by atoms with Crippen LogP contribution >= 0.6 is 0 Å². The minimum atomic E-state index is 0.809. The van der Waals surface area contributed by atoms with Crippen molar-refractivity contribution in [2.75, 3.05) is 18.0 Å². The number of hydrogen-bond acceptors (Lipinski definition) is 1. The Bertz CT molecular complexity index is 408. The SMILES string of the molecule is CCC1CCN2CCCc3c(C)ccc1c32. The smallest absolute Gasteiger partial charge is 0.0436 e. The number of aryl methyl sites for hydroxylation is 1. The first-order valence-corrected chi connectivity index (χ1v) is 6.68. The Hall–Kier alpha value is -0.980. The topological polar surface area (TPSA) is 3.24 Å². The summed E-state index contributed by atoms with van der Waals surface area (Å²) in [6.07, 6.45) is 5.28. The van der Waals surface area contributed by atoms with Crippen LogP contribution in [0.4, 0.5) is 5.69 Å². The first kappa shape index (κ1) is 10.2. The van der Waals surface area contributed by atoms with Crippen molar-refractivity contribution in [1.82, 2.24) is 0 Å². The molecule has 0 N–H and O–H groups in total. The number of benzene rings is 1. The summed E-state index contributed by atoms with van der Waals surface area (Å²) in [7, 11) is 0. The van der Waals surface area contributed by atoms with Crippen molar-refractivity contribution < 1.29 is 0 Å². The lowest BCUT2D eigenvalue weighted by atomic mass is 9.82. The molecule has 0 saturated heterocycles. The van der Waals surface area contributed by atoms with Crippen LogP contribution in [0.5, 0.6) is 0 Å². The van der Waals surface area contributed by atoms with E-state index in [1.807, 2.05) is 0 Å². The van der Waals surface area contributed by atoms with E-state index >= 15 is 0 Å². The number of nitrogens with zero attached hydrogens (tertiary/aromatic N) is 1. The van der Waals surface area contributed by atoms with Gasteiger partial charge < -0.3 is 4.90 Å². The highest BCUT2D eigenvalue weighted by Gasteiger charge is 2.28. The fourth-order valence-corrected chi connectivity index (χ4v) is 3.45. The summed E-state index contributed by atoms with van der Waals surface area (Å²) in [4.78, 5) is 2.63. The van der Waals surface area contributed by atoms with Crippen LogP contribution in [-0.4, -0.2) is 13.1 Å². The van der Waals surface area contributed by atoms with Crippen LogP contribution in [0.2, 0.25) is 0 Å². The van der Waals surface area contributed by atoms with Gasteiger partial charge in [-0.05, 0) is 55.2 Å². The zero-order valence-electron chi connectivity index (χ0n) is 10.4. The maximum Gasteiger partial charge on any atom is 0.0436 e. The molecule has 0 amide bonds. The van der Waals surface area contributed by atoms with E-state index in [0.717, 1.165) is 5.92 Å². The second-order valence-electron chi connectivity index (χ2n) is 5.28. The van der Waals surface area contributed by atoms with Gasteiger partial charge in [0.05, 0.1) is 0 Å². The third-order valence-corrected chi connectivity index (χ3v) is 4.40. The molecular formula is C15H21N. The Kier molecular flexibility index (Phi) is 2.42. The van der Waals surface area contributed by atoms with Gasteiger partial charge in [-0.2, -0.15) is 0 Å². The van der Waals surface area contributed by atoms with Gasteiger partial charge in [0.15, 0.2) is 0 Å². The molecule has 0 aliphatic carbocycles.